The van der Waals surface area contributed by atoms with Crippen molar-refractivity contribution in [2.24, 2.45) is 5.84 Å². The Labute approximate surface area is 126 Å². The number of hydrogen-bond donors (Lipinski definition) is 2. The minimum atomic E-state index is 0.0702. The number of carbonyl (C=O) groups is 1. The monoisotopic (exact) mass is 291 g/mol. The third-order valence-corrected chi connectivity index (χ3v) is 4.12. The van der Waals surface area contributed by atoms with Crippen molar-refractivity contribution in [3.05, 3.63) is 23.4 Å². The highest BCUT2D eigenvalue weighted by Crippen LogP contribution is 2.18. The Balaban J connectivity index is 2.10. The number of pyridine rings is 1. The second-order valence-corrected chi connectivity index (χ2v) is 5.72. The number of anilines is 1. The van der Waals surface area contributed by atoms with Crippen LogP contribution in [0.3, 0.4) is 0 Å². The molecule has 2 heterocycles. The number of aryl methyl sites for hydroxylation is 1. The molecule has 3 N–H and O–H groups in total. The van der Waals surface area contributed by atoms with Gasteiger partial charge in [0, 0.05) is 30.4 Å². The van der Waals surface area contributed by atoms with E-state index >= 15 is 0 Å². The van der Waals surface area contributed by atoms with Gasteiger partial charge in [-0.25, -0.2) is 10.8 Å². The quantitative estimate of drug-likeness (QED) is 0.642. The molecule has 0 radical (unpaired) electrons. The number of nitrogens with zero attached hydrogens (tertiary/aromatic N) is 3. The molecule has 1 aliphatic heterocycles. The number of likely N-dealkylation sites (tertiary alicyclic amines) is 1. The Morgan fingerprint density at radius 1 is 1.43 bits per heavy atom. The van der Waals surface area contributed by atoms with Crippen molar-refractivity contribution in [3.8, 4) is 0 Å². The SMILES string of the molecule is CCc1cc(C(=O)N2CCC(N(C)C)CC2)cc(NN)n1. The van der Waals surface area contributed by atoms with E-state index in [9.17, 15) is 4.79 Å². The number of nitrogens with two attached hydrogens (primary N) is 1. The van der Waals surface area contributed by atoms with Crippen LogP contribution in [0.1, 0.15) is 35.8 Å². The van der Waals surface area contributed by atoms with Crippen LogP contribution in [0.5, 0.6) is 0 Å². The Bertz CT molecular complexity index is 473. The molecule has 1 aromatic heterocycles. The van der Waals surface area contributed by atoms with Crippen LogP contribution >= 0.6 is 0 Å². The van der Waals surface area contributed by atoms with Crippen molar-refractivity contribution in [1.82, 2.24) is 14.8 Å². The fraction of sp³-hybridized carbons (Fsp3) is 0.600. The van der Waals surface area contributed by atoms with Gasteiger partial charge in [-0.1, -0.05) is 6.92 Å². The molecule has 2 rings (SSSR count). The fourth-order valence-corrected chi connectivity index (χ4v) is 2.73. The molecule has 0 bridgehead atoms. The van der Waals surface area contributed by atoms with E-state index < -0.39 is 0 Å². The van der Waals surface area contributed by atoms with E-state index in [1.54, 1.807) is 6.07 Å². The van der Waals surface area contributed by atoms with E-state index in [1.165, 1.54) is 0 Å². The zero-order valence-corrected chi connectivity index (χ0v) is 13.1. The van der Waals surface area contributed by atoms with Gasteiger partial charge in [-0.3, -0.25) is 4.79 Å². The van der Waals surface area contributed by atoms with Gasteiger partial charge in [0.15, 0.2) is 0 Å². The number of rotatable bonds is 4. The number of nitrogen functional groups attached to an aromatic ring is 1. The first-order valence-electron chi connectivity index (χ1n) is 7.48. The molecule has 0 saturated carbocycles. The van der Waals surface area contributed by atoms with Crippen LogP contribution in [0.25, 0.3) is 0 Å². The van der Waals surface area contributed by atoms with Crippen LogP contribution in [0.15, 0.2) is 12.1 Å². The van der Waals surface area contributed by atoms with Gasteiger partial charge in [-0.2, -0.15) is 0 Å². The zero-order chi connectivity index (χ0) is 15.4. The molecule has 1 saturated heterocycles. The molecule has 21 heavy (non-hydrogen) atoms. The lowest BCUT2D eigenvalue weighted by Crippen LogP contribution is -2.44. The molecule has 1 aliphatic rings. The summed E-state index contributed by atoms with van der Waals surface area (Å²) in [6, 6.07) is 4.15. The van der Waals surface area contributed by atoms with E-state index in [4.69, 9.17) is 5.84 Å². The minimum absolute atomic E-state index is 0.0702. The average molecular weight is 291 g/mol. The predicted molar refractivity (Wildman–Crippen MR) is 84.0 cm³/mol. The Hall–Kier alpha value is -1.66. The molecule has 1 aromatic rings. The van der Waals surface area contributed by atoms with Crippen molar-refractivity contribution in [3.63, 3.8) is 0 Å². The van der Waals surface area contributed by atoms with Gasteiger partial charge in [0.25, 0.3) is 5.91 Å². The van der Waals surface area contributed by atoms with E-state index in [0.717, 1.165) is 38.0 Å². The molecular weight excluding hydrogens is 266 g/mol. The van der Waals surface area contributed by atoms with Gasteiger partial charge < -0.3 is 15.2 Å². The highest BCUT2D eigenvalue weighted by Gasteiger charge is 2.25. The van der Waals surface area contributed by atoms with Crippen molar-refractivity contribution in [1.29, 1.82) is 0 Å². The molecule has 116 valence electrons. The largest absolute Gasteiger partial charge is 0.339 e. The Morgan fingerprint density at radius 2 is 2.10 bits per heavy atom. The van der Waals surface area contributed by atoms with Crippen LogP contribution in [-0.2, 0) is 6.42 Å². The summed E-state index contributed by atoms with van der Waals surface area (Å²) in [6.07, 6.45) is 2.82. The van der Waals surface area contributed by atoms with E-state index in [0.29, 0.717) is 17.4 Å². The molecular formula is C15H25N5O. The van der Waals surface area contributed by atoms with Gasteiger partial charge >= 0.3 is 0 Å². The summed E-state index contributed by atoms with van der Waals surface area (Å²) < 4.78 is 0. The fourth-order valence-electron chi connectivity index (χ4n) is 2.73. The summed E-state index contributed by atoms with van der Waals surface area (Å²) in [7, 11) is 4.19. The lowest BCUT2D eigenvalue weighted by Gasteiger charge is -2.35. The van der Waals surface area contributed by atoms with Crippen molar-refractivity contribution < 1.29 is 4.79 Å². The number of carbonyl (C=O) groups excluding carboxylic acids is 1. The van der Waals surface area contributed by atoms with Crippen molar-refractivity contribution in [2.75, 3.05) is 32.6 Å². The van der Waals surface area contributed by atoms with Crippen molar-refractivity contribution in [2.45, 2.75) is 32.2 Å². The first-order valence-corrected chi connectivity index (χ1v) is 7.48. The molecule has 1 fully saturated rings. The zero-order valence-electron chi connectivity index (χ0n) is 13.1. The molecule has 0 unspecified atom stereocenters. The van der Waals surface area contributed by atoms with Crippen LogP contribution in [0.2, 0.25) is 0 Å². The number of nitrogens with one attached hydrogen (secondary N) is 1. The van der Waals surface area contributed by atoms with Gasteiger partial charge in [0.1, 0.15) is 5.82 Å². The summed E-state index contributed by atoms with van der Waals surface area (Å²) in [5.41, 5.74) is 4.07. The Morgan fingerprint density at radius 3 is 2.62 bits per heavy atom. The normalized spacial score (nSPS) is 16.3. The summed E-state index contributed by atoms with van der Waals surface area (Å²) in [5.74, 6) is 6.04. The van der Waals surface area contributed by atoms with Gasteiger partial charge in [-0.15, -0.1) is 0 Å². The highest BCUT2D eigenvalue weighted by molar-refractivity contribution is 5.95. The molecule has 6 heteroatoms. The molecule has 0 aromatic carbocycles. The topological polar surface area (TPSA) is 74.5 Å². The van der Waals surface area contributed by atoms with Gasteiger partial charge in [0.05, 0.1) is 0 Å². The molecule has 0 aliphatic carbocycles. The molecule has 6 nitrogen and oxygen atoms in total. The van der Waals surface area contributed by atoms with Crippen LogP contribution in [0.4, 0.5) is 5.82 Å². The second kappa shape index (κ2) is 6.87. The number of amides is 1. The standard InChI is InChI=1S/C15H25N5O/c1-4-12-9-11(10-14(17-12)18-16)15(21)20-7-5-13(6-8-20)19(2)3/h9-10,13H,4-8,16H2,1-3H3,(H,17,18). The summed E-state index contributed by atoms with van der Waals surface area (Å²) in [5, 5.41) is 0. The van der Waals surface area contributed by atoms with Crippen LogP contribution in [0, 0.1) is 0 Å². The lowest BCUT2D eigenvalue weighted by molar-refractivity contribution is 0.0663. The summed E-state index contributed by atoms with van der Waals surface area (Å²) in [4.78, 5) is 21.1. The third kappa shape index (κ3) is 3.71. The molecule has 0 atom stereocenters. The number of piperidine rings is 1. The maximum atomic E-state index is 12.6. The maximum Gasteiger partial charge on any atom is 0.254 e. The highest BCUT2D eigenvalue weighted by atomic mass is 16.2. The minimum Gasteiger partial charge on any atom is -0.339 e. The van der Waals surface area contributed by atoms with E-state index in [2.05, 4.69) is 29.4 Å². The first kappa shape index (κ1) is 15.7. The first-order chi connectivity index (χ1) is 10.0. The average Bonchev–Trinajstić information content (AvgIpc) is 2.53. The maximum absolute atomic E-state index is 12.6. The predicted octanol–water partition coefficient (Wildman–Crippen LogP) is 1.10. The molecule has 1 amide bonds. The number of hydrazine groups is 1. The molecule has 0 spiro atoms. The van der Waals surface area contributed by atoms with E-state index in [-0.39, 0.29) is 5.91 Å². The Kier molecular flexibility index (Phi) is 5.14. The summed E-state index contributed by atoms with van der Waals surface area (Å²) in [6.45, 7) is 3.62. The van der Waals surface area contributed by atoms with Gasteiger partial charge in [-0.05, 0) is 45.5 Å². The smallest absolute Gasteiger partial charge is 0.254 e. The van der Waals surface area contributed by atoms with Crippen LogP contribution in [-0.4, -0.2) is 53.9 Å². The summed E-state index contributed by atoms with van der Waals surface area (Å²) >= 11 is 0. The second-order valence-electron chi connectivity index (χ2n) is 5.72. The van der Waals surface area contributed by atoms with Gasteiger partial charge in [0.2, 0.25) is 0 Å². The lowest BCUT2D eigenvalue weighted by atomic mass is 10.0. The third-order valence-electron chi connectivity index (χ3n) is 4.12. The number of hydrogen-bond acceptors (Lipinski definition) is 5. The van der Waals surface area contributed by atoms with Crippen LogP contribution < -0.4 is 11.3 Å². The van der Waals surface area contributed by atoms with Crippen molar-refractivity contribution >= 4 is 11.7 Å². The number of aromatic nitrogens is 1. The van der Waals surface area contributed by atoms with E-state index in [1.807, 2.05) is 17.9 Å².